The van der Waals surface area contributed by atoms with Gasteiger partial charge in [0.15, 0.2) is 0 Å². The van der Waals surface area contributed by atoms with Gasteiger partial charge in [0, 0.05) is 5.57 Å². The van der Waals surface area contributed by atoms with E-state index in [-0.39, 0.29) is 13.0 Å². The second kappa shape index (κ2) is 2.74. The molecule has 60 valence electrons. The Hall–Kier alpha value is -1.32. The van der Waals surface area contributed by atoms with Crippen molar-refractivity contribution < 1.29 is 19.4 Å². The Morgan fingerprint density at radius 2 is 2.36 bits per heavy atom. The minimum Gasteiger partial charge on any atom is -0.481 e. The van der Waals surface area contributed by atoms with E-state index in [1.807, 2.05) is 0 Å². The molecule has 1 rings (SSSR count). The molecule has 0 saturated heterocycles. The van der Waals surface area contributed by atoms with Crippen LogP contribution < -0.4 is 0 Å². The summed E-state index contributed by atoms with van der Waals surface area (Å²) in [7, 11) is 0. The summed E-state index contributed by atoms with van der Waals surface area (Å²) < 4.78 is 4.60. The standard InChI is InChI=1S/C7H8O4/c1-4-5(2-6(8)9)3-11-7(4)10/h2-3H2,1H3,(H,8,9). The fraction of sp³-hybridized carbons (Fsp3) is 0.429. The number of carbonyl (C=O) groups is 2. The molecule has 4 heteroatoms. The molecule has 0 fully saturated rings. The normalized spacial score (nSPS) is 17.0. The van der Waals surface area contributed by atoms with Crippen molar-refractivity contribution in [1.29, 1.82) is 0 Å². The molecule has 1 heterocycles. The van der Waals surface area contributed by atoms with Crippen molar-refractivity contribution in [3.8, 4) is 0 Å². The van der Waals surface area contributed by atoms with Gasteiger partial charge in [-0.15, -0.1) is 0 Å². The third-order valence-electron chi connectivity index (χ3n) is 1.58. The van der Waals surface area contributed by atoms with Gasteiger partial charge in [0.25, 0.3) is 0 Å². The fourth-order valence-electron chi connectivity index (χ4n) is 0.880. The summed E-state index contributed by atoms with van der Waals surface area (Å²) >= 11 is 0. The molecule has 0 unspecified atom stereocenters. The van der Waals surface area contributed by atoms with E-state index >= 15 is 0 Å². The Morgan fingerprint density at radius 3 is 2.73 bits per heavy atom. The SMILES string of the molecule is CC1=C(CC(=O)O)COC1=O. The average molecular weight is 156 g/mol. The molecule has 1 N–H and O–H groups in total. The summed E-state index contributed by atoms with van der Waals surface area (Å²) in [5.41, 5.74) is 1.01. The summed E-state index contributed by atoms with van der Waals surface area (Å²) in [6.07, 6.45) is -0.0996. The molecule has 0 spiro atoms. The van der Waals surface area contributed by atoms with Crippen molar-refractivity contribution in [3.63, 3.8) is 0 Å². The lowest BCUT2D eigenvalue weighted by Gasteiger charge is -1.93. The first-order valence-electron chi connectivity index (χ1n) is 3.19. The van der Waals surface area contributed by atoms with Crippen LogP contribution in [0, 0.1) is 0 Å². The van der Waals surface area contributed by atoms with E-state index < -0.39 is 11.9 Å². The van der Waals surface area contributed by atoms with E-state index in [1.165, 1.54) is 0 Å². The second-order valence-electron chi connectivity index (χ2n) is 2.38. The fourth-order valence-corrected chi connectivity index (χ4v) is 0.880. The molecule has 0 aliphatic carbocycles. The maximum atomic E-state index is 10.7. The van der Waals surface area contributed by atoms with Gasteiger partial charge in [-0.3, -0.25) is 4.79 Å². The van der Waals surface area contributed by atoms with Gasteiger partial charge >= 0.3 is 11.9 Å². The number of hydrogen-bond donors (Lipinski definition) is 1. The van der Waals surface area contributed by atoms with Gasteiger partial charge in [-0.1, -0.05) is 0 Å². The summed E-state index contributed by atoms with van der Waals surface area (Å²) in [5, 5.41) is 8.38. The number of aliphatic carboxylic acids is 1. The zero-order valence-electron chi connectivity index (χ0n) is 6.09. The Balaban J connectivity index is 2.72. The topological polar surface area (TPSA) is 63.6 Å². The van der Waals surface area contributed by atoms with Crippen molar-refractivity contribution in [3.05, 3.63) is 11.1 Å². The molecule has 0 aromatic heterocycles. The first kappa shape index (κ1) is 7.78. The van der Waals surface area contributed by atoms with Crippen LogP contribution in [0.3, 0.4) is 0 Å². The van der Waals surface area contributed by atoms with Crippen LogP contribution in [-0.4, -0.2) is 23.7 Å². The first-order chi connectivity index (χ1) is 5.11. The molecule has 0 atom stereocenters. The number of esters is 1. The smallest absolute Gasteiger partial charge is 0.334 e. The second-order valence-corrected chi connectivity index (χ2v) is 2.38. The quantitative estimate of drug-likeness (QED) is 0.585. The van der Waals surface area contributed by atoms with E-state index in [0.717, 1.165) is 0 Å². The number of carboxylic acids is 1. The van der Waals surface area contributed by atoms with E-state index in [2.05, 4.69) is 4.74 Å². The van der Waals surface area contributed by atoms with Crippen molar-refractivity contribution in [2.24, 2.45) is 0 Å². The predicted molar refractivity (Wildman–Crippen MR) is 35.9 cm³/mol. The van der Waals surface area contributed by atoms with E-state index in [9.17, 15) is 9.59 Å². The Labute approximate surface area is 63.5 Å². The van der Waals surface area contributed by atoms with Crippen LogP contribution in [0.5, 0.6) is 0 Å². The third-order valence-corrected chi connectivity index (χ3v) is 1.58. The van der Waals surface area contributed by atoms with Crippen LogP contribution in [-0.2, 0) is 14.3 Å². The highest BCUT2D eigenvalue weighted by molar-refractivity contribution is 5.92. The molecule has 0 aromatic carbocycles. The van der Waals surface area contributed by atoms with Crippen LogP contribution in [0.2, 0.25) is 0 Å². The molecule has 1 aliphatic rings. The van der Waals surface area contributed by atoms with E-state index in [1.54, 1.807) is 6.92 Å². The highest BCUT2D eigenvalue weighted by Gasteiger charge is 2.21. The number of carboxylic acid groups (broad SMARTS) is 1. The summed E-state index contributed by atoms with van der Waals surface area (Å²) in [6, 6.07) is 0. The van der Waals surface area contributed by atoms with Crippen LogP contribution in [0.15, 0.2) is 11.1 Å². The lowest BCUT2D eigenvalue weighted by Crippen LogP contribution is -1.99. The van der Waals surface area contributed by atoms with Gasteiger partial charge in [0.05, 0.1) is 6.42 Å². The van der Waals surface area contributed by atoms with Gasteiger partial charge in [-0.25, -0.2) is 4.79 Å². The summed E-state index contributed by atoms with van der Waals surface area (Å²) in [4.78, 5) is 20.9. The van der Waals surface area contributed by atoms with Gasteiger partial charge in [-0.05, 0) is 12.5 Å². The third kappa shape index (κ3) is 1.58. The molecule has 0 radical (unpaired) electrons. The first-order valence-corrected chi connectivity index (χ1v) is 3.19. The van der Waals surface area contributed by atoms with E-state index in [0.29, 0.717) is 11.1 Å². The Kier molecular flexibility index (Phi) is 1.94. The minimum atomic E-state index is -0.933. The monoisotopic (exact) mass is 156 g/mol. The maximum Gasteiger partial charge on any atom is 0.334 e. The molecular formula is C7H8O4. The van der Waals surface area contributed by atoms with Crippen molar-refractivity contribution in [1.82, 2.24) is 0 Å². The van der Waals surface area contributed by atoms with Crippen LogP contribution >= 0.6 is 0 Å². The Morgan fingerprint density at radius 1 is 1.73 bits per heavy atom. The van der Waals surface area contributed by atoms with Crippen LogP contribution in [0.4, 0.5) is 0 Å². The highest BCUT2D eigenvalue weighted by atomic mass is 16.5. The van der Waals surface area contributed by atoms with Gasteiger partial charge < -0.3 is 9.84 Å². The van der Waals surface area contributed by atoms with Crippen molar-refractivity contribution in [2.75, 3.05) is 6.61 Å². The molecule has 0 amide bonds. The molecule has 0 saturated carbocycles. The average Bonchev–Trinajstić information content (AvgIpc) is 2.18. The molecule has 11 heavy (non-hydrogen) atoms. The highest BCUT2D eigenvalue weighted by Crippen LogP contribution is 2.17. The summed E-state index contributed by atoms with van der Waals surface area (Å²) in [6.45, 7) is 1.71. The molecular weight excluding hydrogens is 148 g/mol. The zero-order chi connectivity index (χ0) is 8.43. The van der Waals surface area contributed by atoms with Crippen molar-refractivity contribution in [2.45, 2.75) is 13.3 Å². The lowest BCUT2D eigenvalue weighted by atomic mass is 10.1. The number of rotatable bonds is 2. The molecule has 4 nitrogen and oxygen atoms in total. The summed E-state index contributed by atoms with van der Waals surface area (Å²) in [5.74, 6) is -1.33. The van der Waals surface area contributed by atoms with Crippen LogP contribution in [0.1, 0.15) is 13.3 Å². The minimum absolute atomic E-state index is 0.0996. The number of carbonyl (C=O) groups excluding carboxylic acids is 1. The van der Waals surface area contributed by atoms with Gasteiger partial charge in [0.2, 0.25) is 0 Å². The zero-order valence-corrected chi connectivity index (χ0v) is 6.09. The van der Waals surface area contributed by atoms with Crippen LogP contribution in [0.25, 0.3) is 0 Å². The molecule has 0 bridgehead atoms. The van der Waals surface area contributed by atoms with E-state index in [4.69, 9.17) is 5.11 Å². The molecule has 0 aromatic rings. The maximum absolute atomic E-state index is 10.7. The van der Waals surface area contributed by atoms with Gasteiger partial charge in [-0.2, -0.15) is 0 Å². The van der Waals surface area contributed by atoms with Gasteiger partial charge in [0.1, 0.15) is 6.61 Å². The molecule has 1 aliphatic heterocycles. The predicted octanol–water partition coefficient (Wildman–Crippen LogP) is 0.334. The Bertz CT molecular complexity index is 239. The lowest BCUT2D eigenvalue weighted by molar-refractivity contribution is -0.137. The van der Waals surface area contributed by atoms with Crippen molar-refractivity contribution >= 4 is 11.9 Å². The number of ether oxygens (including phenoxy) is 1. The largest absolute Gasteiger partial charge is 0.481 e. The number of hydrogen-bond acceptors (Lipinski definition) is 3. The number of cyclic esters (lactones) is 1.